The first kappa shape index (κ1) is 21.2. The highest BCUT2D eigenvalue weighted by molar-refractivity contribution is 5.95. The van der Waals surface area contributed by atoms with Gasteiger partial charge in [-0.3, -0.25) is 14.4 Å². The van der Waals surface area contributed by atoms with E-state index in [-0.39, 0.29) is 18.4 Å². The van der Waals surface area contributed by atoms with E-state index < -0.39 is 18.0 Å². The maximum atomic E-state index is 12.3. The Kier molecular flexibility index (Phi) is 6.61. The number of carbonyl (C=O) groups is 2. The summed E-state index contributed by atoms with van der Waals surface area (Å²) in [4.78, 5) is 43.5. The molecule has 0 fully saturated rings. The second-order valence-corrected chi connectivity index (χ2v) is 7.43. The van der Waals surface area contributed by atoms with Gasteiger partial charge in [-0.2, -0.15) is 0 Å². The van der Waals surface area contributed by atoms with Crippen molar-refractivity contribution in [3.8, 4) is 0 Å². The zero-order chi connectivity index (χ0) is 21.7. The fraction of sp³-hybridized carbons (Fsp3) is 0.304. The van der Waals surface area contributed by atoms with Gasteiger partial charge in [-0.25, -0.2) is 4.98 Å². The molecule has 0 spiro atoms. The number of aromatic amines is 1. The van der Waals surface area contributed by atoms with Gasteiger partial charge < -0.3 is 15.0 Å². The number of carbonyl (C=O) groups excluding carboxylic acids is 2. The highest BCUT2D eigenvalue weighted by Crippen LogP contribution is 2.17. The third-order valence-corrected chi connectivity index (χ3v) is 4.75. The van der Waals surface area contributed by atoms with Crippen LogP contribution in [-0.4, -0.2) is 27.9 Å². The Labute approximate surface area is 174 Å². The van der Waals surface area contributed by atoms with Crippen LogP contribution >= 0.6 is 0 Å². The topological polar surface area (TPSA) is 101 Å². The van der Waals surface area contributed by atoms with Gasteiger partial charge in [0, 0.05) is 12.1 Å². The molecule has 3 rings (SSSR count). The van der Waals surface area contributed by atoms with E-state index in [0.717, 1.165) is 0 Å². The quantitative estimate of drug-likeness (QED) is 0.583. The summed E-state index contributed by atoms with van der Waals surface area (Å²) in [7, 11) is 0. The third-order valence-electron chi connectivity index (χ3n) is 4.75. The summed E-state index contributed by atoms with van der Waals surface area (Å²) in [5.74, 6) is -0.138. The number of benzene rings is 2. The normalized spacial score (nSPS) is 12.0. The molecule has 0 aliphatic carbocycles. The van der Waals surface area contributed by atoms with Crippen LogP contribution in [0.25, 0.3) is 10.9 Å². The molecule has 7 heteroatoms. The van der Waals surface area contributed by atoms with Crippen LogP contribution in [0.15, 0.2) is 53.3 Å². The highest BCUT2D eigenvalue weighted by atomic mass is 16.5. The average Bonchev–Trinajstić information content (AvgIpc) is 2.72. The molecular formula is C23H25N3O4. The molecule has 0 aliphatic rings. The zero-order valence-electron chi connectivity index (χ0n) is 17.3. The number of nitrogens with zero attached hydrogens (tertiary/aromatic N) is 1. The van der Waals surface area contributed by atoms with Gasteiger partial charge in [0.1, 0.15) is 5.82 Å². The van der Waals surface area contributed by atoms with Crippen molar-refractivity contribution in [2.24, 2.45) is 0 Å². The molecule has 0 saturated heterocycles. The minimum absolute atomic E-state index is 0.00197. The maximum absolute atomic E-state index is 12.3. The van der Waals surface area contributed by atoms with Gasteiger partial charge in [-0.1, -0.05) is 38.1 Å². The van der Waals surface area contributed by atoms with Crippen molar-refractivity contribution in [3.63, 3.8) is 0 Å². The molecule has 0 bridgehead atoms. The Morgan fingerprint density at radius 1 is 1.07 bits per heavy atom. The van der Waals surface area contributed by atoms with Gasteiger partial charge in [0.05, 0.1) is 17.3 Å². The largest absolute Gasteiger partial charge is 0.453 e. The molecule has 0 saturated carbocycles. The predicted molar refractivity (Wildman–Crippen MR) is 115 cm³/mol. The first-order valence-corrected chi connectivity index (χ1v) is 9.91. The summed E-state index contributed by atoms with van der Waals surface area (Å²) < 4.78 is 5.22. The van der Waals surface area contributed by atoms with E-state index in [0.29, 0.717) is 28.3 Å². The van der Waals surface area contributed by atoms with Crippen LogP contribution < -0.4 is 10.9 Å². The lowest BCUT2D eigenvalue weighted by Crippen LogP contribution is -2.30. The van der Waals surface area contributed by atoms with Crippen LogP contribution in [0.1, 0.15) is 44.5 Å². The minimum Gasteiger partial charge on any atom is -0.453 e. The summed E-state index contributed by atoms with van der Waals surface area (Å²) in [6, 6.07) is 14.5. The Morgan fingerprint density at radius 2 is 1.77 bits per heavy atom. The standard InChI is InChI=1S/C23H25N3O4/c1-14(2)16-8-10-17(11-9-16)24-22(28)15(3)30-21(27)13-12-20-25-19-7-5-4-6-18(19)23(29)26-20/h4-11,14-15H,12-13H2,1-3H3,(H,24,28)(H,25,26,29)/t15-/m1/s1. The number of hydrogen-bond donors (Lipinski definition) is 2. The van der Waals surface area contributed by atoms with Crippen molar-refractivity contribution in [3.05, 3.63) is 70.3 Å². The van der Waals surface area contributed by atoms with Gasteiger partial charge in [0.25, 0.3) is 11.5 Å². The lowest BCUT2D eigenvalue weighted by Gasteiger charge is -2.14. The Bertz CT molecular complexity index is 1100. The molecule has 2 N–H and O–H groups in total. The molecule has 1 heterocycles. The van der Waals surface area contributed by atoms with Crippen LogP contribution in [0, 0.1) is 0 Å². The van der Waals surface area contributed by atoms with E-state index in [1.165, 1.54) is 12.5 Å². The first-order chi connectivity index (χ1) is 14.3. The molecule has 0 unspecified atom stereocenters. The van der Waals surface area contributed by atoms with Gasteiger partial charge in [-0.15, -0.1) is 0 Å². The van der Waals surface area contributed by atoms with Crippen LogP contribution in [0.5, 0.6) is 0 Å². The molecule has 0 radical (unpaired) electrons. The molecule has 1 atom stereocenters. The molecular weight excluding hydrogens is 382 g/mol. The lowest BCUT2D eigenvalue weighted by molar-refractivity contribution is -0.153. The smallest absolute Gasteiger partial charge is 0.307 e. The van der Waals surface area contributed by atoms with Gasteiger partial charge in [-0.05, 0) is 42.7 Å². The number of nitrogens with one attached hydrogen (secondary N) is 2. The summed E-state index contributed by atoms with van der Waals surface area (Å²) >= 11 is 0. The van der Waals surface area contributed by atoms with E-state index in [2.05, 4.69) is 29.1 Å². The van der Waals surface area contributed by atoms with Gasteiger partial charge in [0.2, 0.25) is 0 Å². The van der Waals surface area contributed by atoms with Crippen molar-refractivity contribution >= 4 is 28.5 Å². The van der Waals surface area contributed by atoms with E-state index in [1.54, 1.807) is 24.3 Å². The van der Waals surface area contributed by atoms with Crippen molar-refractivity contribution in [1.29, 1.82) is 0 Å². The SMILES string of the molecule is CC(C)c1ccc(NC(=O)[C@@H](C)OC(=O)CCc2nc3ccccc3c(=O)[nH]2)cc1. The molecule has 7 nitrogen and oxygen atoms in total. The summed E-state index contributed by atoms with van der Waals surface area (Å²) in [6.07, 6.45) is -0.725. The Balaban J connectivity index is 1.52. The Hall–Kier alpha value is -3.48. The fourth-order valence-corrected chi connectivity index (χ4v) is 2.98. The molecule has 1 amide bonds. The second-order valence-electron chi connectivity index (χ2n) is 7.43. The van der Waals surface area contributed by atoms with Crippen molar-refractivity contribution in [2.45, 2.75) is 45.6 Å². The molecule has 30 heavy (non-hydrogen) atoms. The van der Waals surface area contributed by atoms with Crippen LogP contribution in [0.3, 0.4) is 0 Å². The number of rotatable bonds is 7. The number of H-pyrrole nitrogens is 1. The Morgan fingerprint density at radius 3 is 2.47 bits per heavy atom. The first-order valence-electron chi connectivity index (χ1n) is 9.91. The van der Waals surface area contributed by atoms with E-state index >= 15 is 0 Å². The van der Waals surface area contributed by atoms with Crippen molar-refractivity contribution in [2.75, 3.05) is 5.32 Å². The fourth-order valence-electron chi connectivity index (χ4n) is 2.98. The number of ether oxygens (including phenoxy) is 1. The molecule has 2 aromatic carbocycles. The predicted octanol–water partition coefficient (Wildman–Crippen LogP) is 3.55. The van der Waals surface area contributed by atoms with E-state index in [1.807, 2.05) is 24.3 Å². The van der Waals surface area contributed by atoms with Crippen LogP contribution in [0.2, 0.25) is 0 Å². The number of amides is 1. The van der Waals surface area contributed by atoms with Crippen molar-refractivity contribution < 1.29 is 14.3 Å². The average molecular weight is 407 g/mol. The lowest BCUT2D eigenvalue weighted by atomic mass is 10.0. The monoisotopic (exact) mass is 407 g/mol. The van der Waals surface area contributed by atoms with Crippen LogP contribution in [-0.2, 0) is 20.7 Å². The highest BCUT2D eigenvalue weighted by Gasteiger charge is 2.18. The number of aryl methyl sites for hydroxylation is 1. The summed E-state index contributed by atoms with van der Waals surface area (Å²) in [5.41, 5.74) is 2.14. The number of aromatic nitrogens is 2. The van der Waals surface area contributed by atoms with Gasteiger partial charge in [0.15, 0.2) is 6.10 Å². The number of fused-ring (bicyclic) bond motifs is 1. The maximum Gasteiger partial charge on any atom is 0.307 e. The number of para-hydroxylation sites is 1. The molecule has 1 aromatic heterocycles. The molecule has 156 valence electrons. The minimum atomic E-state index is -0.939. The zero-order valence-corrected chi connectivity index (χ0v) is 17.3. The number of hydrogen-bond acceptors (Lipinski definition) is 5. The van der Waals surface area contributed by atoms with E-state index in [9.17, 15) is 14.4 Å². The molecule has 0 aliphatic heterocycles. The van der Waals surface area contributed by atoms with Gasteiger partial charge >= 0.3 is 5.97 Å². The number of anilines is 1. The van der Waals surface area contributed by atoms with Crippen LogP contribution in [0.4, 0.5) is 5.69 Å². The summed E-state index contributed by atoms with van der Waals surface area (Å²) in [6.45, 7) is 5.71. The summed E-state index contributed by atoms with van der Waals surface area (Å²) in [5, 5.41) is 3.23. The third kappa shape index (κ3) is 5.31. The molecule has 3 aromatic rings. The second kappa shape index (κ2) is 9.35. The van der Waals surface area contributed by atoms with Crippen molar-refractivity contribution in [1.82, 2.24) is 9.97 Å². The number of esters is 1. The van der Waals surface area contributed by atoms with E-state index in [4.69, 9.17) is 4.74 Å².